The minimum Gasteiger partial charge on any atom is -0.482 e. The Morgan fingerprint density at radius 3 is 2.77 bits per heavy atom. The molecule has 1 radical (unpaired) electrons. The lowest BCUT2D eigenvalue weighted by Crippen LogP contribution is -2.42. The Kier molecular flexibility index (Phi) is 9.70. The number of rotatable bonds is 10. The van der Waals surface area contributed by atoms with Crippen LogP contribution in [0, 0.1) is 5.82 Å². The average Bonchev–Trinajstić information content (AvgIpc) is 3.31. The van der Waals surface area contributed by atoms with E-state index in [0.29, 0.717) is 30.8 Å². The van der Waals surface area contributed by atoms with E-state index in [1.54, 1.807) is 13.7 Å². The highest BCUT2D eigenvalue weighted by molar-refractivity contribution is 7.15. The number of fused-ring (bicyclic) bond motifs is 1. The first-order valence-electron chi connectivity index (χ1n) is 12.1. The number of nitrogens with one attached hydrogen (secondary N) is 1. The summed E-state index contributed by atoms with van der Waals surface area (Å²) in [6.45, 7) is 5.80. The molecule has 0 bridgehead atoms. The molecule has 0 saturated heterocycles. The highest BCUT2D eigenvalue weighted by atomic mass is 35.5. The fraction of sp³-hybridized carbons (Fsp3) is 0.318. The molecule has 1 atom stereocenters. The van der Waals surface area contributed by atoms with E-state index < -0.39 is 31.9 Å². The molecule has 40 heavy (non-hydrogen) atoms. The van der Waals surface area contributed by atoms with E-state index in [-0.39, 0.29) is 32.9 Å². The van der Waals surface area contributed by atoms with Gasteiger partial charge in [-0.1, -0.05) is 23.2 Å². The van der Waals surface area contributed by atoms with Gasteiger partial charge in [0.25, 0.3) is 5.91 Å². The van der Waals surface area contributed by atoms with Gasteiger partial charge >= 0.3 is 21.5 Å². The molecule has 1 unspecified atom stereocenters. The van der Waals surface area contributed by atoms with Crippen LogP contribution in [0.5, 0.6) is 5.75 Å². The van der Waals surface area contributed by atoms with Crippen molar-refractivity contribution >= 4 is 79.1 Å². The second-order valence-corrected chi connectivity index (χ2v) is 10.8. The van der Waals surface area contributed by atoms with E-state index in [1.807, 2.05) is 4.81 Å². The van der Waals surface area contributed by atoms with Crippen molar-refractivity contribution in [1.29, 1.82) is 0 Å². The predicted octanol–water partition coefficient (Wildman–Crippen LogP) is 2.97. The number of carbonyl (C=O) groups excluding carboxylic acids is 2. The van der Waals surface area contributed by atoms with Crippen molar-refractivity contribution in [3.05, 3.63) is 55.9 Å². The van der Waals surface area contributed by atoms with Crippen molar-refractivity contribution in [3.8, 4) is 5.75 Å². The molecule has 1 aliphatic heterocycles. The Labute approximate surface area is 245 Å². The molecule has 0 saturated carbocycles. The van der Waals surface area contributed by atoms with E-state index in [0.717, 1.165) is 28.8 Å². The topological polar surface area (TPSA) is 141 Å². The number of carbonyl (C=O) groups is 2. The Balaban J connectivity index is 1.64. The second-order valence-electron chi connectivity index (χ2n) is 8.95. The Morgan fingerprint density at radius 2 is 2.10 bits per heavy atom. The average molecular weight is 606 g/mol. The summed E-state index contributed by atoms with van der Waals surface area (Å²) in [5.41, 5.74) is 0.842. The van der Waals surface area contributed by atoms with Gasteiger partial charge in [0.15, 0.2) is 22.4 Å². The van der Waals surface area contributed by atoms with Crippen LogP contribution in [-0.2, 0) is 17.8 Å². The molecule has 1 aliphatic rings. The lowest BCUT2D eigenvalue weighted by Gasteiger charge is -2.26. The SMILES string of the molecule is CB(O)N1CCc2nc(NC(=O)c3cc(OC(C)c4c(Cl)ccc(F)c4Cl)c(N([B]C=O)B(C)O)nn3)sc2C1. The summed E-state index contributed by atoms with van der Waals surface area (Å²) in [7, 11) is -0.802. The monoisotopic (exact) mass is 605 g/mol. The van der Waals surface area contributed by atoms with Crippen LogP contribution in [0.2, 0.25) is 23.7 Å². The number of anilines is 2. The Morgan fingerprint density at radius 1 is 1.35 bits per heavy atom. The minimum atomic E-state index is -1.22. The zero-order valence-electron chi connectivity index (χ0n) is 21.6. The van der Waals surface area contributed by atoms with E-state index in [9.17, 15) is 24.0 Å². The maximum absolute atomic E-state index is 14.2. The fourth-order valence-corrected chi connectivity index (χ4v) is 5.80. The largest absolute Gasteiger partial charge is 0.482 e. The van der Waals surface area contributed by atoms with Crippen LogP contribution in [0.4, 0.5) is 15.3 Å². The third-order valence-electron chi connectivity index (χ3n) is 6.14. The number of benzene rings is 1. The minimum absolute atomic E-state index is 0.0611. The first-order valence-corrected chi connectivity index (χ1v) is 13.7. The van der Waals surface area contributed by atoms with E-state index in [4.69, 9.17) is 27.9 Å². The van der Waals surface area contributed by atoms with Gasteiger partial charge in [0.2, 0.25) is 0 Å². The lowest BCUT2D eigenvalue weighted by molar-refractivity contribution is 0.102. The van der Waals surface area contributed by atoms with Crippen molar-refractivity contribution in [2.24, 2.45) is 0 Å². The summed E-state index contributed by atoms with van der Waals surface area (Å²) in [4.78, 5) is 31.7. The van der Waals surface area contributed by atoms with Crippen LogP contribution in [-0.4, -0.2) is 70.2 Å². The van der Waals surface area contributed by atoms with E-state index in [2.05, 4.69) is 20.5 Å². The molecule has 0 aliphatic carbocycles. The molecule has 3 aromatic rings. The molecular weight excluding hydrogens is 583 g/mol. The molecule has 11 nitrogen and oxygen atoms in total. The quantitative estimate of drug-likeness (QED) is 0.179. The predicted molar refractivity (Wildman–Crippen MR) is 154 cm³/mol. The number of aromatic nitrogens is 3. The smallest absolute Gasteiger partial charge is 0.397 e. The number of hydrogen-bond acceptors (Lipinski definition) is 11. The summed E-state index contributed by atoms with van der Waals surface area (Å²) >= 11 is 13.7. The third kappa shape index (κ3) is 6.59. The molecule has 18 heteroatoms. The molecule has 2 aromatic heterocycles. The normalized spacial score (nSPS) is 13.7. The van der Waals surface area contributed by atoms with Gasteiger partial charge in [-0.05, 0) is 39.2 Å². The van der Waals surface area contributed by atoms with Crippen LogP contribution in [0.15, 0.2) is 18.2 Å². The number of amides is 1. The van der Waals surface area contributed by atoms with Gasteiger partial charge in [0, 0.05) is 34.5 Å². The second kappa shape index (κ2) is 12.8. The van der Waals surface area contributed by atoms with Crippen molar-refractivity contribution in [2.45, 2.75) is 39.6 Å². The standard InChI is InChI=1S/C22H23B3Cl2FN6O5S/c1-11(18-12(26)4-5-13(28)19(18)27)39-16-8-15(31-32-20(16)34(23-10-35)25(3)38)21(36)30-22-29-14-6-7-33(24(2)37)9-17(14)40-22/h4-5,8,10-11,37-38H,6-7,9H2,1-3H3,(H,29,30,36). The van der Waals surface area contributed by atoms with Crippen LogP contribution >= 0.6 is 34.5 Å². The van der Waals surface area contributed by atoms with Crippen molar-refractivity contribution in [1.82, 2.24) is 20.0 Å². The highest BCUT2D eigenvalue weighted by Gasteiger charge is 2.29. The lowest BCUT2D eigenvalue weighted by atomic mass is 9.73. The summed E-state index contributed by atoms with van der Waals surface area (Å²) in [5, 5.41) is 31.1. The Bertz CT molecular complexity index is 1420. The summed E-state index contributed by atoms with van der Waals surface area (Å²) in [6, 6.07) is 3.72. The van der Waals surface area contributed by atoms with Crippen molar-refractivity contribution in [2.75, 3.05) is 16.6 Å². The van der Waals surface area contributed by atoms with Crippen molar-refractivity contribution in [3.63, 3.8) is 0 Å². The zero-order chi connectivity index (χ0) is 29.1. The molecule has 1 amide bonds. The Hall–Kier alpha value is -2.75. The molecule has 3 heterocycles. The molecule has 3 N–H and O–H groups in total. The summed E-state index contributed by atoms with van der Waals surface area (Å²) < 4.78 is 21.3. The molecule has 0 spiro atoms. The number of hydrogen-bond donors (Lipinski definition) is 3. The summed E-state index contributed by atoms with van der Waals surface area (Å²) in [5.74, 6) is -1.49. The molecule has 4 rings (SSSR count). The summed E-state index contributed by atoms with van der Waals surface area (Å²) in [6.07, 6.45) is 0.125. The van der Waals surface area contributed by atoms with Crippen LogP contribution in [0.3, 0.4) is 0 Å². The van der Waals surface area contributed by atoms with Gasteiger partial charge < -0.3 is 29.1 Å². The van der Waals surface area contributed by atoms with Gasteiger partial charge in [0.1, 0.15) is 18.1 Å². The first kappa shape index (κ1) is 30.2. The molecular formula is C22H23B3Cl2FN6O5S. The van der Waals surface area contributed by atoms with E-state index >= 15 is 0 Å². The van der Waals surface area contributed by atoms with Gasteiger partial charge in [-0.3, -0.25) is 10.1 Å². The van der Waals surface area contributed by atoms with Gasteiger partial charge in [-0.2, -0.15) is 0 Å². The molecule has 0 fully saturated rings. The van der Waals surface area contributed by atoms with E-state index in [1.165, 1.54) is 30.3 Å². The highest BCUT2D eigenvalue weighted by Crippen LogP contribution is 2.37. The maximum Gasteiger partial charge on any atom is 0.397 e. The maximum atomic E-state index is 14.2. The first-order chi connectivity index (χ1) is 19.0. The van der Waals surface area contributed by atoms with Crippen LogP contribution < -0.4 is 14.8 Å². The third-order valence-corrected chi connectivity index (χ3v) is 7.85. The number of thiazole rings is 1. The zero-order valence-corrected chi connectivity index (χ0v) is 24.0. The number of halogens is 3. The van der Waals surface area contributed by atoms with Crippen LogP contribution in [0.25, 0.3) is 0 Å². The fourth-order valence-electron chi connectivity index (χ4n) is 4.10. The van der Waals surface area contributed by atoms with Gasteiger partial charge in [-0.15, -0.1) is 21.5 Å². The van der Waals surface area contributed by atoms with Crippen molar-refractivity contribution < 1.29 is 28.8 Å². The van der Waals surface area contributed by atoms with Gasteiger partial charge in [0.05, 0.1) is 10.7 Å². The van der Waals surface area contributed by atoms with Gasteiger partial charge in [-0.25, -0.2) is 9.37 Å². The number of ether oxygens (including phenoxy) is 1. The van der Waals surface area contributed by atoms with Crippen LogP contribution in [0.1, 0.15) is 39.7 Å². The number of nitrogens with zero attached hydrogens (tertiary/aromatic N) is 5. The molecule has 1 aromatic carbocycles. The molecule has 207 valence electrons.